The number of alkyl halides is 3. The van der Waals surface area contributed by atoms with Gasteiger partial charge in [-0.3, -0.25) is 14.6 Å². The van der Waals surface area contributed by atoms with Gasteiger partial charge in [0.1, 0.15) is 6.04 Å². The van der Waals surface area contributed by atoms with Crippen LogP contribution < -0.4 is 5.32 Å². The molecule has 2 rings (SSSR count). The number of likely N-dealkylation sites (N-methyl/N-ethyl adjacent to an activating group) is 1. The molecule has 1 fully saturated rings. The van der Waals surface area contributed by atoms with Gasteiger partial charge in [-0.15, -0.1) is 0 Å². The summed E-state index contributed by atoms with van der Waals surface area (Å²) in [4.78, 5) is 17.2. The number of nitrogens with zero attached hydrogens (tertiary/aromatic N) is 2. The van der Waals surface area contributed by atoms with E-state index >= 15 is 0 Å². The lowest BCUT2D eigenvalue weighted by molar-refractivity contribution is -0.138. The number of nitrogens with one attached hydrogen (secondary N) is 1. The molecule has 1 saturated heterocycles. The first-order valence-electron chi connectivity index (χ1n) is 10.7. The fourth-order valence-electron chi connectivity index (χ4n) is 3.90. The maximum Gasteiger partial charge on any atom is 0.416 e. The number of rotatable bonds is 9. The van der Waals surface area contributed by atoms with Gasteiger partial charge in [0.15, 0.2) is 0 Å². The van der Waals surface area contributed by atoms with Crippen LogP contribution in [0.2, 0.25) is 0 Å². The van der Waals surface area contributed by atoms with Crippen molar-refractivity contribution in [2.45, 2.75) is 46.0 Å². The molecule has 1 amide bonds. The van der Waals surface area contributed by atoms with Crippen LogP contribution in [0, 0.1) is 5.92 Å². The second kappa shape index (κ2) is 11.1. The largest absolute Gasteiger partial charge is 0.416 e. The molecule has 1 aliphatic heterocycles. The van der Waals surface area contributed by atoms with E-state index in [4.69, 9.17) is 4.74 Å². The van der Waals surface area contributed by atoms with Crippen LogP contribution in [-0.2, 0) is 15.7 Å². The highest BCUT2D eigenvalue weighted by Gasteiger charge is 2.33. The van der Waals surface area contributed by atoms with E-state index in [0.29, 0.717) is 37.7 Å². The average Bonchev–Trinajstić information content (AvgIpc) is 2.69. The third-order valence-corrected chi connectivity index (χ3v) is 5.31. The third kappa shape index (κ3) is 6.96. The molecule has 1 N–H and O–H groups in total. The first-order valence-corrected chi connectivity index (χ1v) is 10.7. The summed E-state index contributed by atoms with van der Waals surface area (Å²) in [7, 11) is 0. The molecule has 1 heterocycles. The summed E-state index contributed by atoms with van der Waals surface area (Å²) in [6.07, 6.45) is -4.57. The smallest absolute Gasteiger partial charge is 0.374 e. The number of hydrogen-bond acceptors (Lipinski definition) is 4. The van der Waals surface area contributed by atoms with Gasteiger partial charge in [-0.05, 0) is 36.7 Å². The molecule has 0 saturated carbocycles. The van der Waals surface area contributed by atoms with E-state index in [2.05, 4.69) is 24.1 Å². The molecule has 1 aliphatic rings. The Morgan fingerprint density at radius 2 is 2.00 bits per heavy atom. The SMILES string of the molecule is CCN(CC)[C@@H](C(=O)NC[C@H]1CN(CC(C)C)CCO1)c1cccc(C(F)(F)F)c1. The van der Waals surface area contributed by atoms with Crippen LogP contribution >= 0.6 is 0 Å². The molecule has 1 aromatic carbocycles. The van der Waals surface area contributed by atoms with Crippen LogP contribution in [0.25, 0.3) is 0 Å². The summed E-state index contributed by atoms with van der Waals surface area (Å²) in [5.74, 6) is 0.244. The molecule has 0 aromatic heterocycles. The van der Waals surface area contributed by atoms with Gasteiger partial charge in [0.25, 0.3) is 0 Å². The minimum Gasteiger partial charge on any atom is -0.374 e. The lowest BCUT2D eigenvalue weighted by atomic mass is 10.0. The van der Waals surface area contributed by atoms with Gasteiger partial charge in [-0.25, -0.2) is 0 Å². The van der Waals surface area contributed by atoms with E-state index in [-0.39, 0.29) is 12.0 Å². The molecule has 0 spiro atoms. The van der Waals surface area contributed by atoms with Crippen LogP contribution in [0.1, 0.15) is 44.9 Å². The molecule has 0 unspecified atom stereocenters. The van der Waals surface area contributed by atoms with Crippen molar-refractivity contribution in [1.29, 1.82) is 0 Å². The van der Waals surface area contributed by atoms with Crippen LogP contribution in [0.4, 0.5) is 13.2 Å². The minimum absolute atomic E-state index is 0.125. The van der Waals surface area contributed by atoms with Gasteiger partial charge in [0.05, 0.1) is 18.3 Å². The zero-order valence-electron chi connectivity index (χ0n) is 18.3. The molecule has 30 heavy (non-hydrogen) atoms. The van der Waals surface area contributed by atoms with Gasteiger partial charge < -0.3 is 10.1 Å². The molecular weight excluding hydrogens is 395 g/mol. The Hall–Kier alpha value is -1.64. The fraction of sp³-hybridized carbons (Fsp3) is 0.682. The number of morpholine rings is 1. The molecule has 170 valence electrons. The van der Waals surface area contributed by atoms with Crippen LogP contribution in [0.3, 0.4) is 0 Å². The minimum atomic E-state index is -4.45. The third-order valence-electron chi connectivity index (χ3n) is 5.31. The number of hydrogen-bond donors (Lipinski definition) is 1. The molecule has 2 atom stereocenters. The predicted molar refractivity (Wildman–Crippen MR) is 111 cm³/mol. The second-order valence-corrected chi connectivity index (χ2v) is 8.14. The van der Waals surface area contributed by atoms with Gasteiger partial charge in [0.2, 0.25) is 5.91 Å². The molecule has 0 bridgehead atoms. The number of carbonyl (C=O) groups excluding carboxylic acids is 1. The second-order valence-electron chi connectivity index (χ2n) is 8.14. The summed E-state index contributed by atoms with van der Waals surface area (Å²) < 4.78 is 45.3. The maximum absolute atomic E-state index is 13.2. The van der Waals surface area contributed by atoms with Crippen LogP contribution in [-0.4, -0.2) is 67.7 Å². The standard InChI is InChI=1S/C22H34F3N3O2/c1-5-28(6-2)20(17-8-7-9-18(12-17)22(23,24)25)21(29)26-13-19-15-27(10-11-30-19)14-16(3)4/h7-9,12,16,19-20H,5-6,10-11,13-15H2,1-4H3,(H,26,29)/t19-,20+/m0/s1. The lowest BCUT2D eigenvalue weighted by Crippen LogP contribution is -2.50. The number of carbonyl (C=O) groups is 1. The maximum atomic E-state index is 13.2. The Morgan fingerprint density at radius 3 is 2.60 bits per heavy atom. The van der Waals surface area contributed by atoms with Gasteiger partial charge in [-0.2, -0.15) is 13.2 Å². The molecule has 5 nitrogen and oxygen atoms in total. The summed E-state index contributed by atoms with van der Waals surface area (Å²) in [5, 5.41) is 2.92. The Balaban J connectivity index is 2.11. The summed E-state index contributed by atoms with van der Waals surface area (Å²) in [6.45, 7) is 12.7. The highest BCUT2D eigenvalue weighted by molar-refractivity contribution is 5.83. The predicted octanol–water partition coefficient (Wildman–Crippen LogP) is 3.56. The van der Waals surface area contributed by atoms with E-state index in [0.717, 1.165) is 31.8 Å². The fourth-order valence-corrected chi connectivity index (χ4v) is 3.90. The van der Waals surface area contributed by atoms with Crippen molar-refractivity contribution >= 4 is 5.91 Å². The Kier molecular flexibility index (Phi) is 9.12. The quantitative estimate of drug-likeness (QED) is 0.652. The number of halogens is 3. The number of ether oxygens (including phenoxy) is 1. The van der Waals surface area contributed by atoms with Gasteiger partial charge in [-0.1, -0.05) is 39.8 Å². The van der Waals surface area contributed by atoms with Crippen LogP contribution in [0.5, 0.6) is 0 Å². The van der Waals surface area contributed by atoms with Gasteiger partial charge >= 0.3 is 6.18 Å². The lowest BCUT2D eigenvalue weighted by Gasteiger charge is -2.35. The van der Waals surface area contributed by atoms with E-state index in [1.165, 1.54) is 6.07 Å². The normalized spacial score (nSPS) is 19.3. The summed E-state index contributed by atoms with van der Waals surface area (Å²) >= 11 is 0. The monoisotopic (exact) mass is 429 g/mol. The van der Waals surface area contributed by atoms with Crippen molar-refractivity contribution in [2.24, 2.45) is 5.92 Å². The summed E-state index contributed by atoms with van der Waals surface area (Å²) in [5.41, 5.74) is -0.401. The van der Waals surface area contributed by atoms with Crippen molar-refractivity contribution in [1.82, 2.24) is 15.1 Å². The van der Waals surface area contributed by atoms with E-state index in [1.54, 1.807) is 6.07 Å². The first kappa shape index (κ1) is 24.6. The Bertz CT molecular complexity index is 678. The van der Waals surface area contributed by atoms with Crippen LogP contribution in [0.15, 0.2) is 24.3 Å². The van der Waals surface area contributed by atoms with Crippen molar-refractivity contribution in [3.63, 3.8) is 0 Å². The van der Waals surface area contributed by atoms with Crippen molar-refractivity contribution in [3.05, 3.63) is 35.4 Å². The van der Waals surface area contributed by atoms with E-state index in [1.807, 2.05) is 18.7 Å². The number of benzene rings is 1. The highest BCUT2D eigenvalue weighted by atomic mass is 19.4. The van der Waals surface area contributed by atoms with Gasteiger partial charge in [0, 0.05) is 26.2 Å². The highest BCUT2D eigenvalue weighted by Crippen LogP contribution is 2.32. The van der Waals surface area contributed by atoms with Crippen molar-refractivity contribution < 1.29 is 22.7 Å². The Labute approximate surface area is 177 Å². The zero-order valence-corrected chi connectivity index (χ0v) is 18.3. The topological polar surface area (TPSA) is 44.8 Å². The zero-order chi connectivity index (χ0) is 22.3. The Morgan fingerprint density at radius 1 is 1.30 bits per heavy atom. The van der Waals surface area contributed by atoms with Crippen molar-refractivity contribution in [2.75, 3.05) is 45.9 Å². The molecule has 1 aromatic rings. The van der Waals surface area contributed by atoms with Crippen molar-refractivity contribution in [3.8, 4) is 0 Å². The molecule has 0 aliphatic carbocycles. The molecular formula is C22H34F3N3O2. The van der Waals surface area contributed by atoms with E-state index < -0.39 is 17.8 Å². The number of amides is 1. The molecule has 0 radical (unpaired) electrons. The van der Waals surface area contributed by atoms with E-state index in [9.17, 15) is 18.0 Å². The first-order chi connectivity index (χ1) is 14.2. The molecule has 8 heteroatoms. The summed E-state index contributed by atoms with van der Waals surface area (Å²) in [6, 6.07) is 4.26. The average molecular weight is 430 g/mol.